The van der Waals surface area contributed by atoms with Gasteiger partial charge in [-0.3, -0.25) is 4.79 Å². The van der Waals surface area contributed by atoms with Gasteiger partial charge in [-0.2, -0.15) is 0 Å². The monoisotopic (exact) mass is 376 g/mol. The minimum Gasteiger partial charge on any atom is -0.481 e. The minimum atomic E-state index is -0.700. The van der Waals surface area contributed by atoms with Crippen LogP contribution in [0.3, 0.4) is 0 Å². The smallest absolute Gasteiger partial charge is 0.338 e. The number of unbranched alkanes of at least 4 members (excludes halogenated alkanes) is 8. The van der Waals surface area contributed by atoms with Gasteiger partial charge in [0.25, 0.3) is 0 Å². The summed E-state index contributed by atoms with van der Waals surface area (Å²) in [5.41, 5.74) is 0.624. The van der Waals surface area contributed by atoms with Gasteiger partial charge in [0, 0.05) is 6.42 Å². The summed E-state index contributed by atoms with van der Waals surface area (Å²) < 4.78 is 5.77. The molecule has 1 aromatic carbocycles. The minimum absolute atomic E-state index is 0.0137. The zero-order valence-electron chi connectivity index (χ0n) is 16.8. The van der Waals surface area contributed by atoms with Crippen molar-refractivity contribution in [2.45, 2.75) is 96.5 Å². The van der Waals surface area contributed by atoms with Crippen LogP contribution in [-0.4, -0.2) is 23.1 Å². The van der Waals surface area contributed by atoms with Crippen LogP contribution in [0.4, 0.5) is 0 Å². The molecule has 0 saturated carbocycles. The van der Waals surface area contributed by atoms with E-state index in [1.807, 2.05) is 18.2 Å². The Morgan fingerprint density at radius 1 is 0.852 bits per heavy atom. The van der Waals surface area contributed by atoms with Gasteiger partial charge < -0.3 is 9.84 Å². The van der Waals surface area contributed by atoms with Gasteiger partial charge in [-0.1, -0.05) is 70.1 Å². The number of carboxylic acids is 1. The molecule has 0 aliphatic rings. The fraction of sp³-hybridized carbons (Fsp3) is 0.652. The Kier molecular flexibility index (Phi) is 13.1. The maximum Gasteiger partial charge on any atom is 0.338 e. The largest absolute Gasteiger partial charge is 0.481 e. The van der Waals surface area contributed by atoms with Crippen LogP contribution in [0.2, 0.25) is 0 Å². The summed E-state index contributed by atoms with van der Waals surface area (Å²) in [6, 6.07) is 9.22. The van der Waals surface area contributed by atoms with Crippen molar-refractivity contribution in [3.63, 3.8) is 0 Å². The first-order chi connectivity index (χ1) is 13.1. The molecule has 0 heterocycles. The molecule has 0 radical (unpaired) electrons. The summed E-state index contributed by atoms with van der Waals surface area (Å²) in [5.74, 6) is -0.912. The number of hydrogen-bond donors (Lipinski definition) is 1. The lowest BCUT2D eigenvalue weighted by atomic mass is 10.0. The number of carbonyl (C=O) groups is 2. The van der Waals surface area contributed by atoms with Crippen molar-refractivity contribution in [1.82, 2.24) is 0 Å². The predicted molar refractivity (Wildman–Crippen MR) is 109 cm³/mol. The van der Waals surface area contributed by atoms with Crippen LogP contribution in [0.15, 0.2) is 30.3 Å². The van der Waals surface area contributed by atoms with Crippen LogP contribution in [0.25, 0.3) is 0 Å². The van der Waals surface area contributed by atoms with E-state index in [-0.39, 0.29) is 18.5 Å². The third kappa shape index (κ3) is 12.2. The van der Waals surface area contributed by atoms with Crippen molar-refractivity contribution in [3.05, 3.63) is 35.9 Å². The number of benzene rings is 1. The fourth-order valence-corrected chi connectivity index (χ4v) is 3.21. The van der Waals surface area contributed by atoms with Crippen molar-refractivity contribution < 1.29 is 19.4 Å². The van der Waals surface area contributed by atoms with Gasteiger partial charge in [0.05, 0.1) is 5.56 Å². The molecular formula is C23H36O4. The Labute approximate surface area is 164 Å². The maximum atomic E-state index is 12.3. The lowest BCUT2D eigenvalue weighted by molar-refractivity contribution is -0.137. The standard InChI is InChI=1S/C23H36O4/c1-2-3-10-17-21(27-23(26)20-15-11-9-12-16-20)18-13-7-5-4-6-8-14-19-22(24)25/h9,11-12,15-16,21H,2-8,10,13-14,17-19H2,1H3,(H,24,25)/t21-/m1/s1. The highest BCUT2D eigenvalue weighted by Gasteiger charge is 2.15. The Morgan fingerprint density at radius 2 is 1.41 bits per heavy atom. The fourth-order valence-electron chi connectivity index (χ4n) is 3.21. The molecule has 0 amide bonds. The molecular weight excluding hydrogens is 340 g/mol. The van der Waals surface area contributed by atoms with E-state index in [1.54, 1.807) is 12.1 Å². The molecule has 4 nitrogen and oxygen atoms in total. The molecule has 0 bridgehead atoms. The molecule has 152 valence electrons. The van der Waals surface area contributed by atoms with Crippen molar-refractivity contribution in [3.8, 4) is 0 Å². The Morgan fingerprint density at radius 3 is 2.00 bits per heavy atom. The van der Waals surface area contributed by atoms with Crippen molar-refractivity contribution in [2.24, 2.45) is 0 Å². The van der Waals surface area contributed by atoms with E-state index in [1.165, 1.54) is 19.3 Å². The number of rotatable bonds is 16. The first-order valence-electron chi connectivity index (χ1n) is 10.6. The first-order valence-corrected chi connectivity index (χ1v) is 10.6. The predicted octanol–water partition coefficient (Wildman–Crippen LogP) is 6.39. The van der Waals surface area contributed by atoms with Gasteiger partial charge in [0.15, 0.2) is 0 Å². The second-order valence-corrected chi connectivity index (χ2v) is 7.30. The third-order valence-corrected chi connectivity index (χ3v) is 4.83. The second kappa shape index (κ2) is 15.2. The molecule has 1 N–H and O–H groups in total. The van der Waals surface area contributed by atoms with Crippen molar-refractivity contribution >= 4 is 11.9 Å². The lowest BCUT2D eigenvalue weighted by Gasteiger charge is -2.18. The molecule has 4 heteroatoms. The van der Waals surface area contributed by atoms with Crippen molar-refractivity contribution in [2.75, 3.05) is 0 Å². The van der Waals surface area contributed by atoms with E-state index in [2.05, 4.69) is 6.92 Å². The molecule has 1 rings (SSSR count). The number of ether oxygens (including phenoxy) is 1. The zero-order valence-corrected chi connectivity index (χ0v) is 16.8. The summed E-state index contributed by atoms with van der Waals surface area (Å²) in [5, 5.41) is 8.61. The van der Waals surface area contributed by atoms with Crippen LogP contribution in [0.5, 0.6) is 0 Å². The van der Waals surface area contributed by atoms with E-state index >= 15 is 0 Å². The highest BCUT2D eigenvalue weighted by atomic mass is 16.5. The molecule has 1 aromatic rings. The van der Waals surface area contributed by atoms with E-state index in [4.69, 9.17) is 9.84 Å². The van der Waals surface area contributed by atoms with E-state index in [0.717, 1.165) is 57.8 Å². The van der Waals surface area contributed by atoms with E-state index in [9.17, 15) is 9.59 Å². The number of hydrogen-bond acceptors (Lipinski definition) is 3. The van der Waals surface area contributed by atoms with E-state index < -0.39 is 5.97 Å². The summed E-state index contributed by atoms with van der Waals surface area (Å²) in [6.45, 7) is 2.18. The molecule has 27 heavy (non-hydrogen) atoms. The van der Waals surface area contributed by atoms with Crippen LogP contribution in [0.1, 0.15) is 101 Å². The van der Waals surface area contributed by atoms with Crippen LogP contribution >= 0.6 is 0 Å². The Balaban J connectivity index is 2.23. The molecule has 0 unspecified atom stereocenters. The van der Waals surface area contributed by atoms with Gasteiger partial charge in [0.2, 0.25) is 0 Å². The Bertz CT molecular complexity index is 512. The number of carbonyl (C=O) groups excluding carboxylic acids is 1. The molecule has 0 aliphatic heterocycles. The molecule has 1 atom stereocenters. The number of carboxylic acid groups (broad SMARTS) is 1. The van der Waals surface area contributed by atoms with Crippen LogP contribution in [-0.2, 0) is 9.53 Å². The highest BCUT2D eigenvalue weighted by Crippen LogP contribution is 2.17. The van der Waals surface area contributed by atoms with Crippen LogP contribution < -0.4 is 0 Å². The van der Waals surface area contributed by atoms with Gasteiger partial charge >= 0.3 is 11.9 Å². The normalized spacial score (nSPS) is 11.9. The summed E-state index contributed by atoms with van der Waals surface area (Å²) in [6.07, 6.45) is 13.1. The quantitative estimate of drug-likeness (QED) is 0.268. The third-order valence-electron chi connectivity index (χ3n) is 4.83. The molecule has 0 aliphatic carbocycles. The van der Waals surface area contributed by atoms with Crippen LogP contribution in [0, 0.1) is 0 Å². The van der Waals surface area contributed by atoms with E-state index in [0.29, 0.717) is 5.56 Å². The van der Waals surface area contributed by atoms with Gasteiger partial charge in [-0.05, 0) is 44.2 Å². The lowest BCUT2D eigenvalue weighted by Crippen LogP contribution is -2.18. The number of aliphatic carboxylic acids is 1. The average molecular weight is 377 g/mol. The topological polar surface area (TPSA) is 63.6 Å². The highest BCUT2D eigenvalue weighted by molar-refractivity contribution is 5.89. The number of esters is 1. The SMILES string of the molecule is CCCCC[C@H](CCCCCCCCCC(=O)O)OC(=O)c1ccccc1. The molecule has 0 fully saturated rings. The Hall–Kier alpha value is -1.84. The molecule has 0 spiro atoms. The summed E-state index contributed by atoms with van der Waals surface area (Å²) in [7, 11) is 0. The first kappa shape index (κ1) is 23.2. The zero-order chi connectivity index (χ0) is 19.7. The molecule has 0 aromatic heterocycles. The summed E-state index contributed by atoms with van der Waals surface area (Å²) in [4.78, 5) is 22.8. The van der Waals surface area contributed by atoms with Gasteiger partial charge in [-0.15, -0.1) is 0 Å². The average Bonchev–Trinajstić information content (AvgIpc) is 2.67. The van der Waals surface area contributed by atoms with Gasteiger partial charge in [0.1, 0.15) is 6.10 Å². The van der Waals surface area contributed by atoms with Crippen molar-refractivity contribution in [1.29, 1.82) is 0 Å². The van der Waals surface area contributed by atoms with Gasteiger partial charge in [-0.25, -0.2) is 4.79 Å². The maximum absolute atomic E-state index is 12.3. The second-order valence-electron chi connectivity index (χ2n) is 7.30. The summed E-state index contributed by atoms with van der Waals surface area (Å²) >= 11 is 0. The molecule has 0 saturated heterocycles.